The van der Waals surface area contributed by atoms with Gasteiger partial charge >= 0.3 is 17.9 Å². The summed E-state index contributed by atoms with van der Waals surface area (Å²) in [6, 6.07) is 13.6. The van der Waals surface area contributed by atoms with Crippen molar-refractivity contribution in [3.05, 3.63) is 109 Å². The van der Waals surface area contributed by atoms with Crippen molar-refractivity contribution in [3.8, 4) is 45.3 Å². The lowest BCUT2D eigenvalue weighted by Crippen LogP contribution is -2.13. The molecule has 0 radical (unpaired) electrons. The van der Waals surface area contributed by atoms with Crippen molar-refractivity contribution in [2.75, 3.05) is 6.61 Å². The first-order chi connectivity index (χ1) is 20.7. The second kappa shape index (κ2) is 14.1. The van der Waals surface area contributed by atoms with E-state index in [1.807, 2.05) is 0 Å². The first-order valence-electron chi connectivity index (χ1n) is 13.2. The average Bonchev–Trinajstić information content (AvgIpc) is 2.96. The number of esters is 3. The Morgan fingerprint density at radius 1 is 0.591 bits per heavy atom. The zero-order valence-electron chi connectivity index (χ0n) is 24.9. The highest BCUT2D eigenvalue weighted by Gasteiger charge is 2.19. The van der Waals surface area contributed by atoms with Crippen LogP contribution in [0.2, 0.25) is 0 Å². The molecule has 0 N–H and O–H groups in total. The molecule has 0 fully saturated rings. The Morgan fingerprint density at radius 2 is 1.07 bits per heavy atom. The van der Waals surface area contributed by atoms with Crippen LogP contribution in [0, 0.1) is 5.82 Å². The lowest BCUT2D eigenvalue weighted by Gasteiger charge is -2.14. The molecule has 0 bridgehead atoms. The number of hydrogen-bond donors (Lipinski definition) is 0. The van der Waals surface area contributed by atoms with Crippen LogP contribution in [0.5, 0.6) is 23.0 Å². The van der Waals surface area contributed by atoms with E-state index in [1.165, 1.54) is 45.9 Å². The highest BCUT2D eigenvalue weighted by atomic mass is 19.1. The van der Waals surface area contributed by atoms with Crippen molar-refractivity contribution >= 4 is 23.7 Å². The number of ether oxygens (including phenoxy) is 4. The maximum atomic E-state index is 15.6. The molecule has 0 aliphatic heterocycles. The molecular formula is C35H31FO8. The van der Waals surface area contributed by atoms with Gasteiger partial charge in [0.2, 0.25) is 0 Å². The molecule has 3 rings (SSSR count). The van der Waals surface area contributed by atoms with Crippen LogP contribution in [0.4, 0.5) is 4.39 Å². The van der Waals surface area contributed by atoms with Crippen LogP contribution < -0.4 is 18.9 Å². The minimum atomic E-state index is -0.839. The molecule has 0 saturated carbocycles. The van der Waals surface area contributed by atoms with Crippen LogP contribution in [0.3, 0.4) is 0 Å². The summed E-state index contributed by atoms with van der Waals surface area (Å²) in [6.07, 6.45) is 0. The molecule has 226 valence electrons. The van der Waals surface area contributed by atoms with E-state index in [0.717, 1.165) is 0 Å². The zero-order valence-corrected chi connectivity index (χ0v) is 24.9. The molecule has 0 unspecified atom stereocenters. The van der Waals surface area contributed by atoms with Crippen LogP contribution in [-0.2, 0) is 19.2 Å². The van der Waals surface area contributed by atoms with Crippen molar-refractivity contribution in [1.82, 2.24) is 0 Å². The second-order valence-corrected chi connectivity index (χ2v) is 10.1. The van der Waals surface area contributed by atoms with Gasteiger partial charge in [-0.3, -0.25) is 4.79 Å². The Morgan fingerprint density at radius 3 is 1.55 bits per heavy atom. The molecule has 9 heteroatoms. The van der Waals surface area contributed by atoms with Gasteiger partial charge in [-0.05, 0) is 68.2 Å². The van der Waals surface area contributed by atoms with Gasteiger partial charge in [-0.1, -0.05) is 50.6 Å². The van der Waals surface area contributed by atoms with E-state index in [-0.39, 0.29) is 57.5 Å². The molecule has 0 heterocycles. The molecule has 0 spiro atoms. The number of Topliss-reactive ketones (excluding diaryl/α,β-unsaturated/α-hetero) is 1. The molecule has 0 atom stereocenters. The molecule has 0 amide bonds. The van der Waals surface area contributed by atoms with Crippen LogP contribution in [0.15, 0.2) is 103 Å². The van der Waals surface area contributed by atoms with E-state index in [9.17, 15) is 19.2 Å². The predicted octanol–water partition coefficient (Wildman–Crippen LogP) is 7.13. The average molecular weight is 599 g/mol. The fourth-order valence-electron chi connectivity index (χ4n) is 3.49. The topological polar surface area (TPSA) is 105 Å². The summed E-state index contributed by atoms with van der Waals surface area (Å²) in [5, 5.41) is 0. The first-order valence-corrected chi connectivity index (χ1v) is 13.2. The van der Waals surface area contributed by atoms with E-state index in [4.69, 9.17) is 18.9 Å². The van der Waals surface area contributed by atoms with Gasteiger partial charge < -0.3 is 18.9 Å². The van der Waals surface area contributed by atoms with E-state index in [0.29, 0.717) is 16.7 Å². The predicted molar refractivity (Wildman–Crippen MR) is 164 cm³/mol. The Balaban J connectivity index is 2.05. The number of hydrogen-bond acceptors (Lipinski definition) is 8. The van der Waals surface area contributed by atoms with Gasteiger partial charge in [0.05, 0.1) is 0 Å². The third-order valence-electron chi connectivity index (χ3n) is 5.94. The van der Waals surface area contributed by atoms with Gasteiger partial charge in [0, 0.05) is 34.4 Å². The Labute approximate surface area is 254 Å². The van der Waals surface area contributed by atoms with E-state index >= 15 is 4.39 Å². The molecule has 3 aromatic carbocycles. The summed E-state index contributed by atoms with van der Waals surface area (Å²) < 4.78 is 37.1. The number of halogens is 1. The van der Waals surface area contributed by atoms with Crippen molar-refractivity contribution in [2.24, 2.45) is 0 Å². The molecule has 0 saturated heterocycles. The maximum Gasteiger partial charge on any atom is 0.338 e. The number of benzene rings is 3. The van der Waals surface area contributed by atoms with Crippen LogP contribution in [0.25, 0.3) is 22.3 Å². The number of rotatable bonds is 12. The standard InChI is InChI=1S/C35H31FO8/c1-19(2)30(37)18-41-26-16-29(32(36)31(17-26)44-35(40)22(7)8)24-11-9-23(10-12-24)25-13-27(42-33(38)20(3)4)15-28(14-25)43-34(39)21(5)6/h9-17H,1,3,5,7,18H2,2,4,6,8H3. The van der Waals surface area contributed by atoms with Gasteiger partial charge in [-0.25, -0.2) is 18.8 Å². The zero-order chi connectivity index (χ0) is 32.7. The van der Waals surface area contributed by atoms with Gasteiger partial charge in [-0.2, -0.15) is 0 Å². The van der Waals surface area contributed by atoms with Crippen molar-refractivity contribution in [2.45, 2.75) is 27.7 Å². The Hall–Kier alpha value is -5.57. The highest BCUT2D eigenvalue weighted by Crippen LogP contribution is 2.37. The number of ketones is 1. The summed E-state index contributed by atoms with van der Waals surface area (Å²) in [5.41, 5.74) is 2.22. The van der Waals surface area contributed by atoms with Crippen molar-refractivity contribution in [3.63, 3.8) is 0 Å². The minimum Gasteiger partial charge on any atom is -0.485 e. The second-order valence-electron chi connectivity index (χ2n) is 10.1. The monoisotopic (exact) mass is 598 g/mol. The van der Waals surface area contributed by atoms with E-state index in [1.54, 1.807) is 36.4 Å². The highest BCUT2D eigenvalue weighted by molar-refractivity contribution is 5.95. The number of carbonyl (C=O) groups excluding carboxylic acids is 4. The van der Waals surface area contributed by atoms with Crippen molar-refractivity contribution in [1.29, 1.82) is 0 Å². The van der Waals surface area contributed by atoms with E-state index in [2.05, 4.69) is 26.3 Å². The lowest BCUT2D eigenvalue weighted by atomic mass is 9.99. The van der Waals surface area contributed by atoms with Gasteiger partial charge in [0.25, 0.3) is 0 Å². The van der Waals surface area contributed by atoms with E-state index < -0.39 is 29.5 Å². The Kier molecular flexibility index (Phi) is 10.5. The largest absolute Gasteiger partial charge is 0.485 e. The van der Waals surface area contributed by atoms with Crippen LogP contribution >= 0.6 is 0 Å². The van der Waals surface area contributed by atoms with Crippen LogP contribution in [-0.4, -0.2) is 30.3 Å². The molecule has 3 aromatic rings. The lowest BCUT2D eigenvalue weighted by molar-refractivity contribution is -0.131. The quantitative estimate of drug-likeness (QED) is 0.123. The summed E-state index contributed by atoms with van der Waals surface area (Å²) >= 11 is 0. The first kappa shape index (κ1) is 32.9. The molecule has 0 aliphatic carbocycles. The van der Waals surface area contributed by atoms with Gasteiger partial charge in [0.15, 0.2) is 24.0 Å². The Bertz CT molecular complexity index is 1670. The molecule has 0 aromatic heterocycles. The van der Waals surface area contributed by atoms with Gasteiger partial charge in [-0.15, -0.1) is 0 Å². The molecular weight excluding hydrogens is 567 g/mol. The smallest absolute Gasteiger partial charge is 0.338 e. The maximum absolute atomic E-state index is 15.6. The fourth-order valence-corrected chi connectivity index (χ4v) is 3.49. The summed E-state index contributed by atoms with van der Waals surface area (Å²) in [5.74, 6) is -3.48. The normalized spacial score (nSPS) is 10.3. The third-order valence-corrected chi connectivity index (χ3v) is 5.94. The van der Waals surface area contributed by atoms with Gasteiger partial charge in [0.1, 0.15) is 17.2 Å². The fraction of sp³-hybridized carbons (Fsp3) is 0.143. The third kappa shape index (κ3) is 8.48. The molecule has 0 aliphatic rings. The van der Waals surface area contributed by atoms with Crippen LogP contribution in [0.1, 0.15) is 27.7 Å². The molecule has 8 nitrogen and oxygen atoms in total. The summed E-state index contributed by atoms with van der Waals surface area (Å²) in [6.45, 7) is 19.8. The summed E-state index contributed by atoms with van der Waals surface area (Å²) in [7, 11) is 0. The minimum absolute atomic E-state index is 0.0292. The van der Waals surface area contributed by atoms with Crippen molar-refractivity contribution < 1.29 is 42.5 Å². The SMILES string of the molecule is C=C(C)C(=O)COc1cc(OC(=O)C(=C)C)c(F)c(-c2ccc(-c3cc(OC(=O)C(=C)C)cc(OC(=O)C(=C)C)c3)cc2)c1. The summed E-state index contributed by atoms with van der Waals surface area (Å²) in [4.78, 5) is 48.5. The number of carbonyl (C=O) groups is 4. The molecule has 44 heavy (non-hydrogen) atoms.